The molecule has 0 aliphatic heterocycles. The van der Waals surface area contributed by atoms with Gasteiger partial charge in [-0.3, -0.25) is 0 Å². The fourth-order valence-electron chi connectivity index (χ4n) is 7.78. The van der Waals surface area contributed by atoms with Gasteiger partial charge in [0.2, 0.25) is 0 Å². The van der Waals surface area contributed by atoms with Crippen LogP contribution in [0.5, 0.6) is 0 Å². The van der Waals surface area contributed by atoms with Gasteiger partial charge in [-0.1, -0.05) is 150 Å². The zero-order valence-electron chi connectivity index (χ0n) is 25.6. The smallest absolute Gasteiger partial charge is 0.0159 e. The average molecular weight is 553 g/mol. The van der Waals surface area contributed by atoms with Gasteiger partial charge in [0.25, 0.3) is 0 Å². The summed E-state index contributed by atoms with van der Waals surface area (Å²) in [6, 6.07) is 47.7. The second-order valence-electron chi connectivity index (χ2n) is 13.8. The van der Waals surface area contributed by atoms with Gasteiger partial charge in [-0.25, -0.2) is 0 Å². The number of hydrogen-bond donors (Lipinski definition) is 0. The molecule has 0 fully saturated rings. The lowest BCUT2D eigenvalue weighted by Crippen LogP contribution is -2.15. The highest BCUT2D eigenvalue weighted by Gasteiger charge is 2.35. The van der Waals surface area contributed by atoms with Gasteiger partial charge < -0.3 is 0 Å². The highest BCUT2D eigenvalue weighted by Crippen LogP contribution is 2.50. The third kappa shape index (κ3) is 3.83. The Labute approximate surface area is 254 Å². The highest BCUT2D eigenvalue weighted by molar-refractivity contribution is 6.19. The molecule has 0 bridgehead atoms. The van der Waals surface area contributed by atoms with Gasteiger partial charge >= 0.3 is 0 Å². The Kier molecular flexibility index (Phi) is 5.53. The minimum absolute atomic E-state index is 0.0207. The van der Waals surface area contributed by atoms with Crippen molar-refractivity contribution in [2.75, 3.05) is 0 Å². The van der Waals surface area contributed by atoms with Crippen LogP contribution in [-0.2, 0) is 10.8 Å². The fourth-order valence-corrected chi connectivity index (χ4v) is 7.78. The van der Waals surface area contributed by atoms with Crippen LogP contribution in [-0.4, -0.2) is 0 Å². The van der Waals surface area contributed by atoms with E-state index in [0.29, 0.717) is 0 Å². The van der Waals surface area contributed by atoms with Crippen molar-refractivity contribution in [1.82, 2.24) is 0 Å². The van der Waals surface area contributed by atoms with E-state index in [1.807, 2.05) is 0 Å². The molecule has 0 saturated heterocycles. The van der Waals surface area contributed by atoms with Crippen molar-refractivity contribution in [3.8, 4) is 33.4 Å². The molecule has 0 heterocycles. The Morgan fingerprint density at radius 3 is 1.84 bits per heavy atom. The monoisotopic (exact) mass is 552 g/mol. The van der Waals surface area contributed by atoms with Crippen LogP contribution < -0.4 is 0 Å². The van der Waals surface area contributed by atoms with Crippen LogP contribution in [0, 0.1) is 0 Å². The number of fused-ring (bicyclic) bond motifs is 6. The van der Waals surface area contributed by atoms with Gasteiger partial charge in [0.05, 0.1) is 0 Å². The Bertz CT molecular complexity index is 2230. The summed E-state index contributed by atoms with van der Waals surface area (Å²) in [5.41, 5.74) is 12.1. The van der Waals surface area contributed by atoms with Crippen molar-refractivity contribution in [3.63, 3.8) is 0 Å². The second-order valence-corrected chi connectivity index (χ2v) is 13.8. The Morgan fingerprint density at radius 1 is 0.442 bits per heavy atom. The maximum absolute atomic E-state index is 2.47. The maximum atomic E-state index is 2.47. The van der Waals surface area contributed by atoms with Crippen molar-refractivity contribution in [3.05, 3.63) is 144 Å². The van der Waals surface area contributed by atoms with E-state index < -0.39 is 0 Å². The van der Waals surface area contributed by atoms with Gasteiger partial charge in [0.1, 0.15) is 0 Å². The Morgan fingerprint density at radius 2 is 1.02 bits per heavy atom. The van der Waals surface area contributed by atoms with Gasteiger partial charge in [-0.15, -0.1) is 0 Å². The molecular weight excluding hydrogens is 516 g/mol. The van der Waals surface area contributed by atoms with Crippen molar-refractivity contribution in [2.24, 2.45) is 0 Å². The van der Waals surface area contributed by atoms with Gasteiger partial charge in [0, 0.05) is 5.41 Å². The van der Waals surface area contributed by atoms with Crippen molar-refractivity contribution >= 4 is 32.3 Å². The van der Waals surface area contributed by atoms with E-state index in [1.54, 1.807) is 0 Å². The standard InChI is InChI=1S/C43H36/c1-42(2,3)41-36-18-9-8-17-34(36)40(33-19-12-14-27-13-6-7-15-30(27)33)35-24-22-28(25-37(35)41)29-21-23-32-31-16-10-11-20-38(31)43(4,5)39(32)26-29/h6-26H,1-5H3. The molecule has 0 amide bonds. The first-order valence-electron chi connectivity index (χ1n) is 15.5. The number of rotatable bonds is 2. The Hall–Kier alpha value is -4.68. The van der Waals surface area contributed by atoms with E-state index in [4.69, 9.17) is 0 Å². The third-order valence-corrected chi connectivity index (χ3v) is 9.75. The molecule has 0 atom stereocenters. The zero-order valence-corrected chi connectivity index (χ0v) is 25.6. The predicted molar refractivity (Wildman–Crippen MR) is 186 cm³/mol. The first kappa shape index (κ1) is 26.0. The van der Waals surface area contributed by atoms with Crippen molar-refractivity contribution in [1.29, 1.82) is 0 Å². The van der Waals surface area contributed by atoms with E-state index in [2.05, 4.69) is 162 Å². The molecule has 0 unspecified atom stereocenters. The number of benzene rings is 7. The molecule has 0 spiro atoms. The molecular formula is C43H36. The lowest BCUT2D eigenvalue weighted by atomic mass is 9.77. The normalized spacial score (nSPS) is 13.9. The lowest BCUT2D eigenvalue weighted by molar-refractivity contribution is 0.601. The summed E-state index contributed by atoms with van der Waals surface area (Å²) in [4.78, 5) is 0. The molecule has 0 aromatic heterocycles. The average Bonchev–Trinajstić information content (AvgIpc) is 3.24. The molecule has 0 radical (unpaired) electrons. The van der Waals surface area contributed by atoms with Crippen LogP contribution in [0.1, 0.15) is 51.3 Å². The molecule has 0 nitrogen and oxygen atoms in total. The van der Waals surface area contributed by atoms with Crippen LogP contribution in [0.4, 0.5) is 0 Å². The summed E-state index contributed by atoms with van der Waals surface area (Å²) in [6.07, 6.45) is 0. The van der Waals surface area contributed by atoms with Crippen molar-refractivity contribution in [2.45, 2.75) is 45.4 Å². The topological polar surface area (TPSA) is 0 Å². The molecule has 208 valence electrons. The molecule has 1 aliphatic rings. The maximum Gasteiger partial charge on any atom is 0.0159 e. The van der Waals surface area contributed by atoms with Crippen LogP contribution in [0.15, 0.2) is 127 Å². The fraction of sp³-hybridized carbons (Fsp3) is 0.163. The minimum Gasteiger partial charge on any atom is -0.0619 e. The van der Waals surface area contributed by atoms with Crippen LogP contribution in [0.25, 0.3) is 65.7 Å². The van der Waals surface area contributed by atoms with E-state index in [0.717, 1.165) is 0 Å². The zero-order chi connectivity index (χ0) is 29.5. The molecule has 0 N–H and O–H groups in total. The van der Waals surface area contributed by atoms with E-state index in [1.165, 1.54) is 82.4 Å². The van der Waals surface area contributed by atoms with Crippen LogP contribution in [0.3, 0.4) is 0 Å². The van der Waals surface area contributed by atoms with Crippen molar-refractivity contribution < 1.29 is 0 Å². The quantitative estimate of drug-likeness (QED) is 0.187. The summed E-state index contributed by atoms with van der Waals surface area (Å²) >= 11 is 0. The largest absolute Gasteiger partial charge is 0.0619 e. The summed E-state index contributed by atoms with van der Waals surface area (Å²) in [5, 5.41) is 7.89. The second kappa shape index (κ2) is 9.16. The molecule has 43 heavy (non-hydrogen) atoms. The molecule has 7 aromatic rings. The van der Waals surface area contributed by atoms with E-state index in [-0.39, 0.29) is 10.8 Å². The van der Waals surface area contributed by atoms with Gasteiger partial charge in [0.15, 0.2) is 0 Å². The van der Waals surface area contributed by atoms with E-state index in [9.17, 15) is 0 Å². The molecule has 0 heteroatoms. The molecule has 8 rings (SSSR count). The van der Waals surface area contributed by atoms with E-state index >= 15 is 0 Å². The molecule has 7 aromatic carbocycles. The first-order valence-corrected chi connectivity index (χ1v) is 15.5. The van der Waals surface area contributed by atoms with Crippen LogP contribution >= 0.6 is 0 Å². The third-order valence-electron chi connectivity index (χ3n) is 9.75. The Balaban J connectivity index is 1.43. The minimum atomic E-state index is -0.0324. The number of hydrogen-bond acceptors (Lipinski definition) is 0. The highest BCUT2D eigenvalue weighted by atomic mass is 14.4. The molecule has 0 saturated carbocycles. The predicted octanol–water partition coefficient (Wildman–Crippen LogP) is 12.1. The summed E-state index contributed by atoms with van der Waals surface area (Å²) in [5.74, 6) is 0. The van der Waals surface area contributed by atoms with Gasteiger partial charge in [-0.05, 0) is 99.9 Å². The summed E-state index contributed by atoms with van der Waals surface area (Å²) in [6.45, 7) is 11.8. The van der Waals surface area contributed by atoms with Crippen LogP contribution in [0.2, 0.25) is 0 Å². The SMILES string of the molecule is CC(C)(C)c1c2ccccc2c(-c2cccc3ccccc23)c2ccc(-c3ccc4c(c3)C(C)(C)c3ccccc3-4)cc12. The molecule has 1 aliphatic carbocycles. The summed E-state index contributed by atoms with van der Waals surface area (Å²) < 4.78 is 0. The summed E-state index contributed by atoms with van der Waals surface area (Å²) in [7, 11) is 0. The van der Waals surface area contributed by atoms with Gasteiger partial charge in [-0.2, -0.15) is 0 Å². The lowest BCUT2D eigenvalue weighted by Gasteiger charge is -2.27. The first-order chi connectivity index (χ1) is 20.7.